The first kappa shape index (κ1) is 8.44. The molecule has 0 saturated carbocycles. The minimum absolute atomic E-state index is 0.216. The van der Waals surface area contributed by atoms with Crippen molar-refractivity contribution in [3.63, 3.8) is 0 Å². The quantitative estimate of drug-likeness (QED) is 0.817. The highest BCUT2D eigenvalue weighted by atomic mass is 79.9. The van der Waals surface area contributed by atoms with E-state index in [0.717, 1.165) is 15.7 Å². The van der Waals surface area contributed by atoms with Gasteiger partial charge in [-0.3, -0.25) is 0 Å². The SMILES string of the molecule is O=C(O)C1=Nc2ccc(Br)cc2C1. The van der Waals surface area contributed by atoms with Crippen molar-refractivity contribution in [2.75, 3.05) is 0 Å². The molecule has 0 fully saturated rings. The summed E-state index contributed by atoms with van der Waals surface area (Å²) in [6, 6.07) is 5.57. The first-order valence-corrected chi connectivity index (χ1v) is 4.55. The van der Waals surface area contributed by atoms with Gasteiger partial charge in [0.15, 0.2) is 0 Å². The predicted molar refractivity (Wildman–Crippen MR) is 52.6 cm³/mol. The van der Waals surface area contributed by atoms with E-state index in [1.165, 1.54) is 0 Å². The molecule has 1 aliphatic heterocycles. The van der Waals surface area contributed by atoms with E-state index in [2.05, 4.69) is 20.9 Å². The minimum Gasteiger partial charge on any atom is -0.477 e. The van der Waals surface area contributed by atoms with Crippen LogP contribution >= 0.6 is 15.9 Å². The van der Waals surface area contributed by atoms with E-state index in [9.17, 15) is 4.79 Å². The van der Waals surface area contributed by atoms with Gasteiger partial charge in [0.25, 0.3) is 0 Å². The zero-order chi connectivity index (χ0) is 9.42. The van der Waals surface area contributed by atoms with Crippen LogP contribution < -0.4 is 0 Å². The van der Waals surface area contributed by atoms with Crippen LogP contribution in [-0.4, -0.2) is 16.8 Å². The summed E-state index contributed by atoms with van der Waals surface area (Å²) in [5.74, 6) is -0.938. The molecule has 1 aromatic rings. The zero-order valence-electron chi connectivity index (χ0n) is 6.62. The van der Waals surface area contributed by atoms with Gasteiger partial charge in [-0.05, 0) is 23.8 Å². The smallest absolute Gasteiger partial charge is 0.350 e. The van der Waals surface area contributed by atoms with Gasteiger partial charge in [-0.25, -0.2) is 9.79 Å². The lowest BCUT2D eigenvalue weighted by Crippen LogP contribution is -2.11. The van der Waals surface area contributed by atoms with Crippen molar-refractivity contribution in [2.24, 2.45) is 4.99 Å². The first-order chi connectivity index (χ1) is 6.16. The maximum absolute atomic E-state index is 10.6. The van der Waals surface area contributed by atoms with E-state index in [-0.39, 0.29) is 5.71 Å². The van der Waals surface area contributed by atoms with Gasteiger partial charge >= 0.3 is 5.97 Å². The molecule has 4 heteroatoms. The van der Waals surface area contributed by atoms with E-state index in [1.807, 2.05) is 18.2 Å². The molecule has 0 spiro atoms. The molecule has 0 bridgehead atoms. The number of carboxylic acid groups (broad SMARTS) is 1. The fourth-order valence-corrected chi connectivity index (χ4v) is 1.70. The molecule has 0 aromatic heterocycles. The average Bonchev–Trinajstić information content (AvgIpc) is 2.46. The lowest BCUT2D eigenvalue weighted by molar-refractivity contribution is -0.129. The summed E-state index contributed by atoms with van der Waals surface area (Å²) in [6.45, 7) is 0. The number of benzene rings is 1. The highest BCUT2D eigenvalue weighted by Crippen LogP contribution is 2.29. The fourth-order valence-electron chi connectivity index (χ4n) is 1.29. The second-order valence-corrected chi connectivity index (χ2v) is 3.73. The largest absolute Gasteiger partial charge is 0.477 e. The molecule has 0 atom stereocenters. The van der Waals surface area contributed by atoms with Crippen LogP contribution in [0.2, 0.25) is 0 Å². The summed E-state index contributed by atoms with van der Waals surface area (Å²) in [6.07, 6.45) is 0.421. The Morgan fingerprint density at radius 3 is 3.00 bits per heavy atom. The molecule has 1 N–H and O–H groups in total. The molecule has 13 heavy (non-hydrogen) atoms. The highest BCUT2D eigenvalue weighted by Gasteiger charge is 2.19. The summed E-state index contributed by atoms with van der Waals surface area (Å²) in [7, 11) is 0. The molecular weight excluding hydrogens is 234 g/mol. The van der Waals surface area contributed by atoms with E-state index in [1.54, 1.807) is 0 Å². The van der Waals surface area contributed by atoms with Gasteiger partial charge in [0.1, 0.15) is 5.71 Å². The van der Waals surface area contributed by atoms with Crippen LogP contribution in [-0.2, 0) is 11.2 Å². The Morgan fingerprint density at radius 2 is 2.31 bits per heavy atom. The number of hydrogen-bond acceptors (Lipinski definition) is 2. The van der Waals surface area contributed by atoms with Gasteiger partial charge in [0.05, 0.1) is 5.69 Å². The predicted octanol–water partition coefficient (Wildman–Crippen LogP) is 2.16. The number of rotatable bonds is 1. The lowest BCUT2D eigenvalue weighted by atomic mass is 10.1. The number of halogens is 1. The van der Waals surface area contributed by atoms with Crippen LogP contribution in [0.15, 0.2) is 27.7 Å². The van der Waals surface area contributed by atoms with E-state index in [0.29, 0.717) is 6.42 Å². The zero-order valence-corrected chi connectivity index (χ0v) is 8.21. The average molecular weight is 240 g/mol. The van der Waals surface area contributed by atoms with Crippen molar-refractivity contribution < 1.29 is 9.90 Å². The van der Waals surface area contributed by atoms with E-state index < -0.39 is 5.97 Å². The second kappa shape index (κ2) is 2.96. The third-order valence-electron chi connectivity index (χ3n) is 1.90. The lowest BCUT2D eigenvalue weighted by Gasteiger charge is -1.95. The van der Waals surface area contributed by atoms with E-state index >= 15 is 0 Å². The standard InChI is InChI=1S/C9H6BrNO2/c10-6-1-2-7-5(3-6)4-8(11-7)9(12)13/h1-3H,4H2,(H,12,13). The second-order valence-electron chi connectivity index (χ2n) is 2.81. The summed E-state index contributed by atoms with van der Waals surface area (Å²) in [5.41, 5.74) is 1.94. The van der Waals surface area contributed by atoms with Crippen LogP contribution in [0.3, 0.4) is 0 Å². The molecule has 1 aromatic carbocycles. The number of hydrogen-bond donors (Lipinski definition) is 1. The Balaban J connectivity index is 2.41. The molecule has 0 aliphatic carbocycles. The van der Waals surface area contributed by atoms with Crippen LogP contribution in [0.25, 0.3) is 0 Å². The molecule has 2 rings (SSSR count). The van der Waals surface area contributed by atoms with Crippen molar-refractivity contribution >= 4 is 33.3 Å². The Hall–Kier alpha value is -1.16. The topological polar surface area (TPSA) is 49.7 Å². The molecule has 0 unspecified atom stereocenters. The maximum Gasteiger partial charge on any atom is 0.350 e. The normalized spacial score (nSPS) is 13.8. The number of aliphatic imine (C=N–C) groups is 1. The molecule has 0 amide bonds. The van der Waals surface area contributed by atoms with Crippen molar-refractivity contribution in [1.82, 2.24) is 0 Å². The Kier molecular flexibility index (Phi) is 1.92. The third kappa shape index (κ3) is 1.49. The highest BCUT2D eigenvalue weighted by molar-refractivity contribution is 9.10. The fraction of sp³-hybridized carbons (Fsp3) is 0.111. The molecule has 1 aliphatic rings. The number of carbonyl (C=O) groups is 1. The van der Waals surface area contributed by atoms with Crippen LogP contribution in [0.1, 0.15) is 5.56 Å². The molecule has 0 saturated heterocycles. The van der Waals surface area contributed by atoms with Gasteiger partial charge in [0.2, 0.25) is 0 Å². The van der Waals surface area contributed by atoms with Crippen molar-refractivity contribution in [3.05, 3.63) is 28.2 Å². The minimum atomic E-state index is -0.938. The van der Waals surface area contributed by atoms with Crippen LogP contribution in [0.5, 0.6) is 0 Å². The van der Waals surface area contributed by atoms with Gasteiger partial charge in [-0.2, -0.15) is 0 Å². The Bertz CT molecular complexity index is 412. The van der Waals surface area contributed by atoms with Gasteiger partial charge < -0.3 is 5.11 Å². The van der Waals surface area contributed by atoms with Crippen LogP contribution in [0, 0.1) is 0 Å². The summed E-state index contributed by atoms with van der Waals surface area (Å²) in [5, 5.41) is 8.71. The maximum atomic E-state index is 10.6. The summed E-state index contributed by atoms with van der Waals surface area (Å²) < 4.78 is 0.952. The molecule has 0 radical (unpaired) electrons. The Morgan fingerprint density at radius 1 is 1.54 bits per heavy atom. The number of nitrogens with zero attached hydrogens (tertiary/aromatic N) is 1. The van der Waals surface area contributed by atoms with Gasteiger partial charge in [-0.15, -0.1) is 0 Å². The van der Waals surface area contributed by atoms with Crippen molar-refractivity contribution in [1.29, 1.82) is 0 Å². The third-order valence-corrected chi connectivity index (χ3v) is 2.39. The molecule has 3 nitrogen and oxygen atoms in total. The van der Waals surface area contributed by atoms with Crippen LogP contribution in [0.4, 0.5) is 5.69 Å². The number of aliphatic carboxylic acids is 1. The monoisotopic (exact) mass is 239 g/mol. The first-order valence-electron chi connectivity index (χ1n) is 3.76. The molecule has 1 heterocycles. The Labute approximate surface area is 83.2 Å². The molecule has 66 valence electrons. The molecular formula is C9H6BrNO2. The van der Waals surface area contributed by atoms with E-state index in [4.69, 9.17) is 5.11 Å². The summed E-state index contributed by atoms with van der Waals surface area (Å²) in [4.78, 5) is 14.6. The number of fused-ring (bicyclic) bond motifs is 1. The van der Waals surface area contributed by atoms with Gasteiger partial charge in [0, 0.05) is 10.9 Å². The van der Waals surface area contributed by atoms with Gasteiger partial charge in [-0.1, -0.05) is 15.9 Å². The summed E-state index contributed by atoms with van der Waals surface area (Å²) >= 11 is 3.32. The van der Waals surface area contributed by atoms with Crippen molar-refractivity contribution in [2.45, 2.75) is 6.42 Å². The van der Waals surface area contributed by atoms with Crippen molar-refractivity contribution in [3.8, 4) is 0 Å². The number of carboxylic acids is 1.